The van der Waals surface area contributed by atoms with E-state index in [1.54, 1.807) is 43.5 Å². The van der Waals surface area contributed by atoms with Crippen molar-refractivity contribution in [2.45, 2.75) is 19.8 Å². The summed E-state index contributed by atoms with van der Waals surface area (Å²) in [4.78, 5) is 24.2. The van der Waals surface area contributed by atoms with E-state index in [9.17, 15) is 9.59 Å². The number of nitrogens with one attached hydrogen (secondary N) is 2. The Bertz CT molecular complexity index is 796. The molecule has 2 aromatic carbocycles. The van der Waals surface area contributed by atoms with Crippen LogP contribution in [0.4, 0.5) is 11.4 Å². The number of hydrogen-bond acceptors (Lipinski definition) is 3. The first-order valence-electron chi connectivity index (χ1n) is 7.69. The fourth-order valence-corrected chi connectivity index (χ4v) is 3.05. The highest BCUT2D eigenvalue weighted by atomic mass is 127. The molecule has 0 saturated heterocycles. The van der Waals surface area contributed by atoms with Gasteiger partial charge in [0.1, 0.15) is 5.75 Å². The number of methoxy groups -OCH3 is 1. The standard InChI is InChI=1S/C18H18ClIN2O3/c1-3-4-17(23)21-12-6-7-13(19)15(10-12)22-18(24)11-5-8-16(25-2)14(20)9-11/h5-10H,3-4H2,1-2H3,(H,21,23)(H,22,24). The number of amides is 2. The van der Waals surface area contributed by atoms with Crippen molar-refractivity contribution < 1.29 is 14.3 Å². The number of halogens is 2. The maximum absolute atomic E-state index is 12.5. The van der Waals surface area contributed by atoms with Crippen molar-refractivity contribution in [3.05, 3.63) is 50.6 Å². The molecule has 0 atom stereocenters. The second kappa shape index (κ2) is 9.05. The molecule has 0 spiro atoms. The van der Waals surface area contributed by atoms with E-state index in [0.29, 0.717) is 34.1 Å². The molecule has 7 heteroatoms. The van der Waals surface area contributed by atoms with Crippen LogP contribution in [-0.2, 0) is 4.79 Å². The van der Waals surface area contributed by atoms with Crippen molar-refractivity contribution in [1.29, 1.82) is 0 Å². The van der Waals surface area contributed by atoms with Gasteiger partial charge in [0, 0.05) is 17.7 Å². The smallest absolute Gasteiger partial charge is 0.255 e. The zero-order valence-corrected chi connectivity index (χ0v) is 16.8. The molecule has 0 unspecified atom stereocenters. The lowest BCUT2D eigenvalue weighted by atomic mass is 10.2. The summed E-state index contributed by atoms with van der Waals surface area (Å²) < 4.78 is 6.02. The highest BCUT2D eigenvalue weighted by molar-refractivity contribution is 14.1. The Balaban J connectivity index is 2.17. The number of carbonyl (C=O) groups excluding carboxylic acids is 2. The molecule has 25 heavy (non-hydrogen) atoms. The molecule has 0 aliphatic carbocycles. The van der Waals surface area contributed by atoms with Crippen molar-refractivity contribution in [1.82, 2.24) is 0 Å². The average Bonchev–Trinajstić information content (AvgIpc) is 2.58. The fraction of sp³-hybridized carbons (Fsp3) is 0.222. The van der Waals surface area contributed by atoms with Crippen molar-refractivity contribution in [3.8, 4) is 5.75 Å². The molecule has 132 valence electrons. The number of benzene rings is 2. The maximum Gasteiger partial charge on any atom is 0.255 e. The third-order valence-electron chi connectivity index (χ3n) is 3.39. The molecule has 0 aromatic heterocycles. The highest BCUT2D eigenvalue weighted by Crippen LogP contribution is 2.27. The normalized spacial score (nSPS) is 10.2. The Morgan fingerprint density at radius 1 is 1.16 bits per heavy atom. The summed E-state index contributed by atoms with van der Waals surface area (Å²) in [7, 11) is 1.58. The van der Waals surface area contributed by atoms with Gasteiger partial charge in [0.05, 0.1) is 21.4 Å². The van der Waals surface area contributed by atoms with Crippen molar-refractivity contribution in [2.75, 3.05) is 17.7 Å². The number of hydrogen-bond donors (Lipinski definition) is 2. The Kier molecular flexibility index (Phi) is 7.07. The number of carbonyl (C=O) groups is 2. The van der Waals surface area contributed by atoms with Gasteiger partial charge in [-0.2, -0.15) is 0 Å². The van der Waals surface area contributed by atoms with Crippen molar-refractivity contribution >= 4 is 57.4 Å². The van der Waals surface area contributed by atoms with E-state index in [1.165, 1.54) is 0 Å². The minimum Gasteiger partial charge on any atom is -0.496 e. The fourth-order valence-electron chi connectivity index (χ4n) is 2.15. The van der Waals surface area contributed by atoms with E-state index in [2.05, 4.69) is 33.2 Å². The minimum atomic E-state index is -0.292. The Morgan fingerprint density at radius 2 is 1.92 bits per heavy atom. The van der Waals surface area contributed by atoms with E-state index in [1.807, 2.05) is 6.92 Å². The maximum atomic E-state index is 12.5. The van der Waals surface area contributed by atoms with Gasteiger partial charge in [0.2, 0.25) is 5.91 Å². The van der Waals surface area contributed by atoms with Gasteiger partial charge in [-0.15, -0.1) is 0 Å². The van der Waals surface area contributed by atoms with E-state index in [0.717, 1.165) is 9.99 Å². The summed E-state index contributed by atoms with van der Waals surface area (Å²) in [5.41, 5.74) is 1.51. The van der Waals surface area contributed by atoms with Crippen LogP contribution in [0.5, 0.6) is 5.75 Å². The Labute approximate surface area is 165 Å². The van der Waals surface area contributed by atoms with Crippen LogP contribution >= 0.6 is 34.2 Å². The summed E-state index contributed by atoms with van der Waals surface area (Å²) in [6.45, 7) is 1.93. The highest BCUT2D eigenvalue weighted by Gasteiger charge is 2.12. The zero-order chi connectivity index (χ0) is 18.4. The van der Waals surface area contributed by atoms with Gasteiger partial charge < -0.3 is 15.4 Å². The quantitative estimate of drug-likeness (QED) is 0.585. The summed E-state index contributed by atoms with van der Waals surface area (Å²) in [5.74, 6) is 0.335. The lowest BCUT2D eigenvalue weighted by Crippen LogP contribution is -2.14. The van der Waals surface area contributed by atoms with Crippen LogP contribution < -0.4 is 15.4 Å². The van der Waals surface area contributed by atoms with Crippen LogP contribution in [0.1, 0.15) is 30.1 Å². The third-order valence-corrected chi connectivity index (χ3v) is 4.56. The second-order valence-electron chi connectivity index (χ2n) is 5.30. The molecule has 2 rings (SSSR count). The van der Waals surface area contributed by atoms with Gasteiger partial charge in [0.15, 0.2) is 0 Å². The van der Waals surface area contributed by atoms with E-state index in [-0.39, 0.29) is 11.8 Å². The van der Waals surface area contributed by atoms with Crippen LogP contribution in [0.15, 0.2) is 36.4 Å². The molecule has 0 saturated carbocycles. The van der Waals surface area contributed by atoms with E-state index < -0.39 is 0 Å². The SMILES string of the molecule is CCCC(=O)Nc1ccc(Cl)c(NC(=O)c2ccc(OC)c(I)c2)c1. The van der Waals surface area contributed by atoms with Gasteiger partial charge in [-0.3, -0.25) is 9.59 Å². The molecule has 2 aromatic rings. The van der Waals surface area contributed by atoms with Gasteiger partial charge in [-0.05, 0) is 65.4 Å². The number of ether oxygens (including phenoxy) is 1. The molecule has 2 N–H and O–H groups in total. The minimum absolute atomic E-state index is 0.0770. The lowest BCUT2D eigenvalue weighted by Gasteiger charge is -2.11. The summed E-state index contributed by atoms with van der Waals surface area (Å²) in [6.07, 6.45) is 1.20. The van der Waals surface area contributed by atoms with Crippen LogP contribution in [0.2, 0.25) is 5.02 Å². The predicted molar refractivity (Wildman–Crippen MR) is 109 cm³/mol. The molecule has 2 amide bonds. The van der Waals surface area contributed by atoms with Gasteiger partial charge >= 0.3 is 0 Å². The molecule has 0 aliphatic rings. The van der Waals surface area contributed by atoms with Crippen LogP contribution in [0.3, 0.4) is 0 Å². The van der Waals surface area contributed by atoms with Gasteiger partial charge in [-0.1, -0.05) is 18.5 Å². The molecular weight excluding hydrogens is 455 g/mol. The van der Waals surface area contributed by atoms with Crippen LogP contribution in [-0.4, -0.2) is 18.9 Å². The number of anilines is 2. The topological polar surface area (TPSA) is 67.4 Å². The summed E-state index contributed by atoms with van der Waals surface area (Å²) in [5, 5.41) is 5.95. The Morgan fingerprint density at radius 3 is 2.56 bits per heavy atom. The summed E-state index contributed by atoms with van der Waals surface area (Å²) >= 11 is 8.26. The molecular formula is C18H18ClIN2O3. The first-order chi connectivity index (χ1) is 11.9. The average molecular weight is 473 g/mol. The molecule has 0 radical (unpaired) electrons. The van der Waals surface area contributed by atoms with Crippen molar-refractivity contribution in [3.63, 3.8) is 0 Å². The first kappa shape index (κ1) is 19.5. The van der Waals surface area contributed by atoms with Gasteiger partial charge in [0.25, 0.3) is 5.91 Å². The molecule has 0 heterocycles. The third kappa shape index (κ3) is 5.34. The van der Waals surface area contributed by atoms with Gasteiger partial charge in [-0.25, -0.2) is 0 Å². The molecule has 0 fully saturated rings. The van der Waals surface area contributed by atoms with E-state index >= 15 is 0 Å². The zero-order valence-electron chi connectivity index (χ0n) is 13.9. The summed E-state index contributed by atoms with van der Waals surface area (Å²) in [6, 6.07) is 10.1. The molecule has 0 bridgehead atoms. The number of rotatable bonds is 6. The monoisotopic (exact) mass is 472 g/mol. The first-order valence-corrected chi connectivity index (χ1v) is 9.14. The van der Waals surface area contributed by atoms with Crippen LogP contribution in [0.25, 0.3) is 0 Å². The molecule has 5 nitrogen and oxygen atoms in total. The van der Waals surface area contributed by atoms with Crippen LogP contribution in [0, 0.1) is 3.57 Å². The molecule has 0 aliphatic heterocycles. The lowest BCUT2D eigenvalue weighted by molar-refractivity contribution is -0.116. The predicted octanol–water partition coefficient (Wildman–Crippen LogP) is 4.94. The second-order valence-corrected chi connectivity index (χ2v) is 6.87. The largest absolute Gasteiger partial charge is 0.496 e. The van der Waals surface area contributed by atoms with E-state index in [4.69, 9.17) is 16.3 Å². The Hall–Kier alpha value is -1.80. The van der Waals surface area contributed by atoms with Crippen molar-refractivity contribution in [2.24, 2.45) is 0 Å².